The van der Waals surface area contributed by atoms with Crippen LogP contribution in [0.4, 0.5) is 0 Å². The van der Waals surface area contributed by atoms with E-state index >= 15 is 0 Å². The summed E-state index contributed by atoms with van der Waals surface area (Å²) >= 11 is 1.52. The lowest BCUT2D eigenvalue weighted by Crippen LogP contribution is -2.23. The van der Waals surface area contributed by atoms with Crippen molar-refractivity contribution in [2.75, 3.05) is 7.11 Å². The van der Waals surface area contributed by atoms with Crippen LogP contribution in [0.2, 0.25) is 0 Å². The van der Waals surface area contributed by atoms with E-state index in [4.69, 9.17) is 4.74 Å². The number of thioether (sulfide) groups is 1. The number of nitrogens with one attached hydrogen (secondary N) is 1. The minimum atomic E-state index is -0.182. The van der Waals surface area contributed by atoms with E-state index in [0.717, 1.165) is 17.0 Å². The molecule has 0 spiro atoms. The molecule has 1 unspecified atom stereocenters. The second kappa shape index (κ2) is 6.66. The Bertz CT molecular complexity index is 687. The highest BCUT2D eigenvalue weighted by atomic mass is 32.2. The van der Waals surface area contributed by atoms with Gasteiger partial charge in [0.2, 0.25) is 0 Å². The monoisotopic (exact) mass is 312 g/mol. The van der Waals surface area contributed by atoms with Gasteiger partial charge in [0.25, 0.3) is 5.91 Å². The summed E-state index contributed by atoms with van der Waals surface area (Å²) in [6, 6.07) is 7.82. The standard InChI is InChI=1S/C17H16N2O2S/c1-21-13-8-6-12(7-9-13)10-18-11-16-17(20)19-14-4-2-3-5-15(14)22-16/h2-9,11,15,18H,10H2,1H3/b16-11+. The van der Waals surface area contributed by atoms with Crippen LogP contribution in [-0.4, -0.2) is 24.0 Å². The second-order valence-corrected chi connectivity index (χ2v) is 6.05. The number of carbonyl (C=O) groups is 1. The highest BCUT2D eigenvalue weighted by molar-refractivity contribution is 8.05. The van der Waals surface area contributed by atoms with E-state index < -0.39 is 0 Å². The van der Waals surface area contributed by atoms with E-state index in [1.807, 2.05) is 48.6 Å². The van der Waals surface area contributed by atoms with Gasteiger partial charge in [-0.15, -0.1) is 11.8 Å². The van der Waals surface area contributed by atoms with Crippen molar-refractivity contribution in [3.63, 3.8) is 0 Å². The molecule has 1 aliphatic carbocycles. The molecule has 1 N–H and O–H groups in total. The Labute approximate surface area is 133 Å². The maximum atomic E-state index is 12.0. The molecule has 0 radical (unpaired) electrons. The number of aliphatic imine (C=N–C) groups is 1. The van der Waals surface area contributed by atoms with Crippen LogP contribution < -0.4 is 10.1 Å². The van der Waals surface area contributed by atoms with Crippen molar-refractivity contribution in [3.05, 3.63) is 65.2 Å². The highest BCUT2D eigenvalue weighted by Crippen LogP contribution is 2.31. The zero-order valence-electron chi connectivity index (χ0n) is 12.2. The number of hydrogen-bond acceptors (Lipinski definition) is 4. The normalized spacial score (nSPS) is 21.5. The smallest absolute Gasteiger partial charge is 0.285 e. The summed E-state index contributed by atoms with van der Waals surface area (Å²) < 4.78 is 5.13. The maximum absolute atomic E-state index is 12.0. The zero-order valence-corrected chi connectivity index (χ0v) is 13.0. The molecule has 0 fully saturated rings. The fourth-order valence-corrected chi connectivity index (χ4v) is 3.17. The minimum Gasteiger partial charge on any atom is -0.497 e. The molecule has 0 saturated carbocycles. The van der Waals surface area contributed by atoms with Gasteiger partial charge < -0.3 is 10.1 Å². The maximum Gasteiger partial charge on any atom is 0.285 e. The number of hydrogen-bond donors (Lipinski definition) is 1. The first-order valence-electron chi connectivity index (χ1n) is 6.97. The number of nitrogens with zero attached hydrogens (tertiary/aromatic N) is 1. The molecule has 0 bridgehead atoms. The molecule has 5 heteroatoms. The molecular weight excluding hydrogens is 296 g/mol. The summed E-state index contributed by atoms with van der Waals surface area (Å²) in [6.45, 7) is 0.651. The number of ether oxygens (including phenoxy) is 1. The van der Waals surface area contributed by atoms with Crippen molar-refractivity contribution in [1.82, 2.24) is 5.32 Å². The molecule has 112 valence electrons. The molecule has 0 aromatic heterocycles. The van der Waals surface area contributed by atoms with E-state index in [9.17, 15) is 4.79 Å². The number of amides is 1. The van der Waals surface area contributed by atoms with Crippen molar-refractivity contribution in [3.8, 4) is 5.75 Å². The first-order chi connectivity index (χ1) is 10.8. The molecule has 1 atom stereocenters. The Morgan fingerprint density at radius 3 is 2.91 bits per heavy atom. The third-order valence-electron chi connectivity index (χ3n) is 3.35. The summed E-state index contributed by atoms with van der Waals surface area (Å²) in [6.07, 6.45) is 9.57. The van der Waals surface area contributed by atoms with Gasteiger partial charge in [0.15, 0.2) is 0 Å². The summed E-state index contributed by atoms with van der Waals surface area (Å²) in [7, 11) is 1.65. The van der Waals surface area contributed by atoms with Gasteiger partial charge in [-0.25, -0.2) is 4.99 Å². The molecule has 1 aromatic carbocycles. The van der Waals surface area contributed by atoms with E-state index in [1.54, 1.807) is 13.3 Å². The lowest BCUT2D eigenvalue weighted by atomic mass is 10.1. The Morgan fingerprint density at radius 2 is 2.14 bits per heavy atom. The fraction of sp³-hybridized carbons (Fsp3) is 0.176. The largest absolute Gasteiger partial charge is 0.497 e. The summed E-state index contributed by atoms with van der Waals surface area (Å²) in [4.78, 5) is 16.8. The van der Waals surface area contributed by atoms with Gasteiger partial charge >= 0.3 is 0 Å². The lowest BCUT2D eigenvalue weighted by Gasteiger charge is -2.20. The molecule has 1 heterocycles. The topological polar surface area (TPSA) is 50.7 Å². The lowest BCUT2D eigenvalue weighted by molar-refractivity contribution is -0.113. The average Bonchev–Trinajstić information content (AvgIpc) is 2.56. The SMILES string of the molecule is COc1ccc(CN/C=C2/SC3C=CC=CC3=NC2=O)cc1. The van der Waals surface area contributed by atoms with E-state index in [-0.39, 0.29) is 11.2 Å². The molecular formula is C17H16N2O2S. The quantitative estimate of drug-likeness (QED) is 0.869. The van der Waals surface area contributed by atoms with E-state index in [0.29, 0.717) is 11.4 Å². The molecule has 1 aromatic rings. The second-order valence-electron chi connectivity index (χ2n) is 4.86. The van der Waals surface area contributed by atoms with Crippen molar-refractivity contribution in [2.24, 2.45) is 4.99 Å². The zero-order chi connectivity index (χ0) is 15.4. The van der Waals surface area contributed by atoms with Crippen LogP contribution in [0.5, 0.6) is 5.75 Å². The number of carbonyl (C=O) groups excluding carboxylic acids is 1. The van der Waals surface area contributed by atoms with Crippen LogP contribution in [0.25, 0.3) is 0 Å². The number of rotatable bonds is 4. The average molecular weight is 312 g/mol. The Hall–Kier alpha value is -2.27. The Balaban J connectivity index is 1.63. The molecule has 4 nitrogen and oxygen atoms in total. The first kappa shape index (κ1) is 14.7. The molecule has 1 amide bonds. The van der Waals surface area contributed by atoms with Crippen LogP contribution in [0.15, 0.2) is 64.7 Å². The highest BCUT2D eigenvalue weighted by Gasteiger charge is 2.25. The fourth-order valence-electron chi connectivity index (χ4n) is 2.17. The third kappa shape index (κ3) is 3.31. The summed E-state index contributed by atoms with van der Waals surface area (Å²) in [5.41, 5.74) is 1.94. The van der Waals surface area contributed by atoms with Crippen LogP contribution in [0.3, 0.4) is 0 Å². The first-order valence-corrected chi connectivity index (χ1v) is 7.85. The third-order valence-corrected chi connectivity index (χ3v) is 4.55. The Morgan fingerprint density at radius 1 is 1.32 bits per heavy atom. The van der Waals surface area contributed by atoms with E-state index in [1.165, 1.54) is 11.8 Å². The number of benzene rings is 1. The Kier molecular flexibility index (Phi) is 4.44. The van der Waals surface area contributed by atoms with Crippen LogP contribution in [-0.2, 0) is 11.3 Å². The minimum absolute atomic E-state index is 0.136. The van der Waals surface area contributed by atoms with Gasteiger partial charge in [-0.1, -0.05) is 30.4 Å². The number of methoxy groups -OCH3 is 1. The summed E-state index contributed by atoms with van der Waals surface area (Å²) in [5.74, 6) is 0.651. The number of fused-ring (bicyclic) bond motifs is 1. The molecule has 22 heavy (non-hydrogen) atoms. The summed E-state index contributed by atoms with van der Waals surface area (Å²) in [5, 5.41) is 3.31. The van der Waals surface area contributed by atoms with Crippen molar-refractivity contribution in [1.29, 1.82) is 0 Å². The molecule has 0 saturated heterocycles. The molecule has 1 aliphatic heterocycles. The van der Waals surface area contributed by atoms with Gasteiger partial charge in [0, 0.05) is 12.7 Å². The van der Waals surface area contributed by atoms with Crippen LogP contribution in [0, 0.1) is 0 Å². The van der Waals surface area contributed by atoms with Crippen molar-refractivity contribution >= 4 is 23.4 Å². The van der Waals surface area contributed by atoms with Gasteiger partial charge in [0.1, 0.15) is 5.75 Å². The van der Waals surface area contributed by atoms with Crippen LogP contribution in [0.1, 0.15) is 5.56 Å². The van der Waals surface area contributed by atoms with Crippen molar-refractivity contribution < 1.29 is 9.53 Å². The van der Waals surface area contributed by atoms with Crippen LogP contribution >= 0.6 is 11.8 Å². The van der Waals surface area contributed by atoms with Crippen molar-refractivity contribution in [2.45, 2.75) is 11.8 Å². The number of allylic oxidation sites excluding steroid dienone is 3. The van der Waals surface area contributed by atoms with Gasteiger partial charge in [-0.2, -0.15) is 0 Å². The predicted octanol–water partition coefficient (Wildman–Crippen LogP) is 2.84. The molecule has 3 rings (SSSR count). The molecule has 2 aliphatic rings. The van der Waals surface area contributed by atoms with Gasteiger partial charge in [-0.05, 0) is 23.8 Å². The van der Waals surface area contributed by atoms with Gasteiger partial charge in [0.05, 0.1) is 23.0 Å². The van der Waals surface area contributed by atoms with E-state index in [2.05, 4.69) is 10.3 Å². The van der Waals surface area contributed by atoms with Gasteiger partial charge in [-0.3, -0.25) is 4.79 Å². The predicted molar refractivity (Wildman–Crippen MR) is 90.0 cm³/mol.